The molecule has 120 valence electrons. The molecule has 1 fully saturated rings. The van der Waals surface area contributed by atoms with E-state index in [1.807, 2.05) is 6.07 Å². The third-order valence-corrected chi connectivity index (χ3v) is 3.52. The molecule has 6 nitrogen and oxygen atoms in total. The molecule has 0 aliphatic carbocycles. The molecule has 1 unspecified atom stereocenters. The fraction of sp³-hybridized carbons (Fsp3) is 0.353. The molecule has 1 heterocycles. The van der Waals surface area contributed by atoms with Crippen molar-refractivity contribution in [1.82, 2.24) is 5.32 Å². The third kappa shape index (κ3) is 4.66. The second-order valence-corrected chi connectivity index (χ2v) is 5.13. The average Bonchev–Trinajstić information content (AvgIpc) is 3.11. The molecule has 1 N–H and O–H groups in total. The molecule has 1 aliphatic heterocycles. The Labute approximate surface area is 134 Å². The van der Waals surface area contributed by atoms with Gasteiger partial charge in [0.1, 0.15) is 11.6 Å². The highest BCUT2D eigenvalue weighted by Crippen LogP contribution is 2.12. The van der Waals surface area contributed by atoms with Crippen molar-refractivity contribution >= 4 is 18.0 Å². The smallest absolute Gasteiger partial charge is 0.337 e. The second-order valence-electron chi connectivity index (χ2n) is 5.13. The van der Waals surface area contributed by atoms with E-state index in [2.05, 4.69) is 10.1 Å². The molecular weight excluding hydrogens is 296 g/mol. The zero-order valence-electron chi connectivity index (χ0n) is 12.9. The number of carbonyl (C=O) groups excluding carboxylic acids is 2. The highest BCUT2D eigenvalue weighted by atomic mass is 16.5. The van der Waals surface area contributed by atoms with E-state index in [0.717, 1.165) is 12.8 Å². The molecule has 0 radical (unpaired) electrons. The summed E-state index contributed by atoms with van der Waals surface area (Å²) in [6.07, 6.45) is 3.42. The first-order valence-corrected chi connectivity index (χ1v) is 7.34. The molecule has 1 atom stereocenters. The summed E-state index contributed by atoms with van der Waals surface area (Å²) in [7, 11) is 1.31. The number of methoxy groups -OCH3 is 1. The zero-order valence-corrected chi connectivity index (χ0v) is 12.9. The van der Waals surface area contributed by atoms with Gasteiger partial charge in [-0.2, -0.15) is 5.26 Å². The van der Waals surface area contributed by atoms with E-state index in [-0.39, 0.29) is 11.7 Å². The average molecular weight is 314 g/mol. The zero-order chi connectivity index (χ0) is 16.7. The minimum atomic E-state index is -0.435. The van der Waals surface area contributed by atoms with Crippen LogP contribution in [0.4, 0.5) is 0 Å². The van der Waals surface area contributed by atoms with Crippen molar-refractivity contribution in [3.63, 3.8) is 0 Å². The Morgan fingerprint density at radius 3 is 2.74 bits per heavy atom. The highest BCUT2D eigenvalue weighted by Gasteiger charge is 2.17. The van der Waals surface area contributed by atoms with Gasteiger partial charge in [-0.3, -0.25) is 4.79 Å². The summed E-state index contributed by atoms with van der Waals surface area (Å²) >= 11 is 0. The molecule has 0 aromatic heterocycles. The maximum atomic E-state index is 12.0. The summed E-state index contributed by atoms with van der Waals surface area (Å²) < 4.78 is 10.0. The SMILES string of the molecule is COC(=O)c1ccc(/C=C(/C#N)C(=O)NCC2CCCO2)cc1. The second kappa shape index (κ2) is 8.11. The summed E-state index contributed by atoms with van der Waals surface area (Å²) in [5.74, 6) is -0.865. The van der Waals surface area contributed by atoms with Crippen LogP contribution in [0.1, 0.15) is 28.8 Å². The van der Waals surface area contributed by atoms with Gasteiger partial charge in [-0.15, -0.1) is 0 Å². The first kappa shape index (κ1) is 16.7. The van der Waals surface area contributed by atoms with Gasteiger partial charge in [-0.25, -0.2) is 4.79 Å². The molecule has 0 spiro atoms. The summed E-state index contributed by atoms with van der Waals surface area (Å²) in [5, 5.41) is 11.9. The summed E-state index contributed by atoms with van der Waals surface area (Å²) in [5.41, 5.74) is 1.07. The molecule has 1 aromatic rings. The molecule has 0 bridgehead atoms. The number of hydrogen-bond acceptors (Lipinski definition) is 5. The van der Waals surface area contributed by atoms with Gasteiger partial charge in [-0.05, 0) is 36.6 Å². The number of esters is 1. The minimum absolute atomic E-state index is 0.00816. The molecule has 1 aromatic carbocycles. The summed E-state index contributed by atoms with van der Waals surface area (Å²) in [6.45, 7) is 1.12. The van der Waals surface area contributed by atoms with E-state index in [1.165, 1.54) is 13.2 Å². The number of nitrogens with one attached hydrogen (secondary N) is 1. The van der Waals surface area contributed by atoms with Gasteiger partial charge < -0.3 is 14.8 Å². The fourth-order valence-electron chi connectivity index (χ4n) is 2.26. The van der Waals surface area contributed by atoms with Gasteiger partial charge >= 0.3 is 5.97 Å². The predicted molar refractivity (Wildman–Crippen MR) is 83.4 cm³/mol. The number of hydrogen-bond donors (Lipinski definition) is 1. The molecule has 0 saturated carbocycles. The van der Waals surface area contributed by atoms with Crippen LogP contribution in [-0.4, -0.2) is 38.2 Å². The van der Waals surface area contributed by atoms with Gasteiger partial charge in [0, 0.05) is 13.2 Å². The van der Waals surface area contributed by atoms with Crippen molar-refractivity contribution in [2.45, 2.75) is 18.9 Å². The normalized spacial score (nSPS) is 17.4. The Hall–Kier alpha value is -2.65. The van der Waals surface area contributed by atoms with Gasteiger partial charge in [0.25, 0.3) is 5.91 Å². The van der Waals surface area contributed by atoms with Crippen molar-refractivity contribution < 1.29 is 19.1 Å². The number of rotatable bonds is 5. The molecule has 1 aliphatic rings. The maximum Gasteiger partial charge on any atom is 0.337 e. The van der Waals surface area contributed by atoms with E-state index < -0.39 is 11.9 Å². The lowest BCUT2D eigenvalue weighted by Crippen LogP contribution is -2.32. The number of nitrogens with zero attached hydrogens (tertiary/aromatic N) is 1. The van der Waals surface area contributed by atoms with Crippen molar-refractivity contribution in [3.05, 3.63) is 41.0 Å². The van der Waals surface area contributed by atoms with Crippen LogP contribution in [0.15, 0.2) is 29.8 Å². The number of benzene rings is 1. The molecule has 2 rings (SSSR count). The Balaban J connectivity index is 2.01. The van der Waals surface area contributed by atoms with Crippen LogP contribution in [0.5, 0.6) is 0 Å². The fourth-order valence-corrected chi connectivity index (χ4v) is 2.26. The Kier molecular flexibility index (Phi) is 5.89. The number of amides is 1. The number of ether oxygens (including phenoxy) is 2. The van der Waals surface area contributed by atoms with E-state index in [1.54, 1.807) is 24.3 Å². The van der Waals surface area contributed by atoms with E-state index in [0.29, 0.717) is 24.3 Å². The Bertz CT molecular complexity index is 638. The number of nitriles is 1. The van der Waals surface area contributed by atoms with Crippen LogP contribution in [0.2, 0.25) is 0 Å². The summed E-state index contributed by atoms with van der Waals surface area (Å²) in [4.78, 5) is 23.4. The molecule has 1 amide bonds. The Morgan fingerprint density at radius 2 is 2.17 bits per heavy atom. The van der Waals surface area contributed by atoms with Crippen molar-refractivity contribution in [3.8, 4) is 6.07 Å². The van der Waals surface area contributed by atoms with E-state index >= 15 is 0 Å². The van der Waals surface area contributed by atoms with Gasteiger partial charge in [0.2, 0.25) is 0 Å². The molecular formula is C17H18N2O4. The van der Waals surface area contributed by atoms with Crippen molar-refractivity contribution in [1.29, 1.82) is 5.26 Å². The minimum Gasteiger partial charge on any atom is -0.465 e. The Morgan fingerprint density at radius 1 is 1.43 bits per heavy atom. The molecule has 23 heavy (non-hydrogen) atoms. The largest absolute Gasteiger partial charge is 0.465 e. The van der Waals surface area contributed by atoms with Crippen LogP contribution in [0, 0.1) is 11.3 Å². The first-order chi connectivity index (χ1) is 11.1. The van der Waals surface area contributed by atoms with Gasteiger partial charge in [0.05, 0.1) is 18.8 Å². The predicted octanol–water partition coefficient (Wildman–Crippen LogP) is 1.68. The monoisotopic (exact) mass is 314 g/mol. The highest BCUT2D eigenvalue weighted by molar-refractivity contribution is 6.01. The lowest BCUT2D eigenvalue weighted by atomic mass is 10.1. The van der Waals surface area contributed by atoms with Crippen LogP contribution >= 0.6 is 0 Å². The van der Waals surface area contributed by atoms with Gasteiger partial charge in [-0.1, -0.05) is 12.1 Å². The topological polar surface area (TPSA) is 88.4 Å². The van der Waals surface area contributed by atoms with Crippen LogP contribution in [0.3, 0.4) is 0 Å². The maximum absolute atomic E-state index is 12.0. The van der Waals surface area contributed by atoms with Crippen molar-refractivity contribution in [2.24, 2.45) is 0 Å². The van der Waals surface area contributed by atoms with Gasteiger partial charge in [0.15, 0.2) is 0 Å². The lowest BCUT2D eigenvalue weighted by Gasteiger charge is -2.10. The van der Waals surface area contributed by atoms with Crippen LogP contribution in [-0.2, 0) is 14.3 Å². The van der Waals surface area contributed by atoms with E-state index in [9.17, 15) is 9.59 Å². The standard InChI is InChI=1S/C17H18N2O4/c1-22-17(21)13-6-4-12(5-7-13)9-14(10-18)16(20)19-11-15-3-2-8-23-15/h4-7,9,15H,2-3,8,11H2,1H3,(H,19,20)/b14-9-. The molecule has 6 heteroatoms. The van der Waals surface area contributed by atoms with E-state index in [4.69, 9.17) is 10.00 Å². The first-order valence-electron chi connectivity index (χ1n) is 7.34. The van der Waals surface area contributed by atoms with Crippen LogP contribution < -0.4 is 5.32 Å². The van der Waals surface area contributed by atoms with Crippen molar-refractivity contribution in [2.75, 3.05) is 20.3 Å². The molecule has 1 saturated heterocycles. The lowest BCUT2D eigenvalue weighted by molar-refractivity contribution is -0.117. The number of carbonyl (C=O) groups is 2. The third-order valence-electron chi connectivity index (χ3n) is 3.52. The summed E-state index contributed by atoms with van der Waals surface area (Å²) in [6, 6.07) is 8.35. The quantitative estimate of drug-likeness (QED) is 0.507. The van der Waals surface area contributed by atoms with Crippen LogP contribution in [0.25, 0.3) is 6.08 Å².